The highest BCUT2D eigenvalue weighted by Gasteiger charge is 2.27. The van der Waals surface area contributed by atoms with E-state index in [-0.39, 0.29) is 17.4 Å². The van der Waals surface area contributed by atoms with E-state index in [1.54, 1.807) is 12.1 Å². The fraction of sp³-hybridized carbons (Fsp3) is 0.429. The fourth-order valence-corrected chi connectivity index (χ4v) is 2.50. The van der Waals surface area contributed by atoms with Gasteiger partial charge in [0.15, 0.2) is 5.78 Å². The van der Waals surface area contributed by atoms with Gasteiger partial charge in [0.25, 0.3) is 0 Å². The minimum Gasteiger partial charge on any atom is -0.478 e. The molecule has 0 saturated carbocycles. The number of hydrogen-bond acceptors (Lipinski definition) is 5. The number of benzene rings is 1. The van der Waals surface area contributed by atoms with Gasteiger partial charge in [-0.3, -0.25) is 4.79 Å². The maximum atomic E-state index is 11.8. The average Bonchev–Trinajstić information content (AvgIpc) is 2.46. The number of nitrogens with two attached hydrogens (primary N) is 1. The summed E-state index contributed by atoms with van der Waals surface area (Å²) < 4.78 is 0. The monoisotopic (exact) mass is 277 g/mol. The third-order valence-electron chi connectivity index (χ3n) is 3.53. The second kappa shape index (κ2) is 5.92. The molecule has 20 heavy (non-hydrogen) atoms. The van der Waals surface area contributed by atoms with E-state index in [2.05, 4.69) is 5.32 Å². The lowest BCUT2D eigenvalue weighted by Crippen LogP contribution is -2.54. The first-order valence-electron chi connectivity index (χ1n) is 6.67. The Morgan fingerprint density at radius 2 is 2.25 bits per heavy atom. The zero-order chi connectivity index (χ0) is 14.7. The second-order valence-corrected chi connectivity index (χ2v) is 4.82. The van der Waals surface area contributed by atoms with Crippen LogP contribution < -0.4 is 16.0 Å². The van der Waals surface area contributed by atoms with Crippen LogP contribution in [0.15, 0.2) is 18.2 Å². The highest BCUT2D eigenvalue weighted by molar-refractivity contribution is 5.98. The van der Waals surface area contributed by atoms with Crippen LogP contribution in [0.1, 0.15) is 23.7 Å². The first kappa shape index (κ1) is 14.3. The van der Waals surface area contributed by atoms with Crippen molar-refractivity contribution in [2.75, 3.05) is 30.3 Å². The minimum atomic E-state index is -1.01. The van der Waals surface area contributed by atoms with Crippen LogP contribution in [-0.4, -0.2) is 42.5 Å². The van der Waals surface area contributed by atoms with E-state index in [9.17, 15) is 14.7 Å². The lowest BCUT2D eigenvalue weighted by atomic mass is 10.0. The molecule has 1 aliphatic heterocycles. The molecule has 0 aromatic heterocycles. The summed E-state index contributed by atoms with van der Waals surface area (Å²) >= 11 is 0. The molecular weight excluding hydrogens is 258 g/mol. The molecule has 1 aliphatic rings. The summed E-state index contributed by atoms with van der Waals surface area (Å²) in [4.78, 5) is 25.0. The van der Waals surface area contributed by atoms with Crippen LogP contribution in [0.5, 0.6) is 0 Å². The number of rotatable bonds is 4. The van der Waals surface area contributed by atoms with Gasteiger partial charge in [-0.05, 0) is 12.1 Å². The Bertz CT molecular complexity index is 530. The van der Waals surface area contributed by atoms with E-state index in [1.807, 2.05) is 11.8 Å². The number of piperazine rings is 1. The summed E-state index contributed by atoms with van der Waals surface area (Å²) in [5, 5.41) is 12.4. The molecule has 4 N–H and O–H groups in total. The number of Topliss-reactive ketones (excluding diaryl/α,β-unsaturated/α-hetero) is 1. The van der Waals surface area contributed by atoms with Crippen molar-refractivity contribution >= 4 is 23.1 Å². The zero-order valence-corrected chi connectivity index (χ0v) is 11.4. The average molecular weight is 277 g/mol. The third kappa shape index (κ3) is 2.75. The molecule has 1 atom stereocenters. The normalized spacial score (nSPS) is 18.9. The van der Waals surface area contributed by atoms with E-state index in [0.29, 0.717) is 37.4 Å². The SMILES string of the molecule is CCC(=O)C1CN(c2c(N)cccc2C(=O)O)CCN1. The molecule has 1 aromatic rings. The lowest BCUT2D eigenvalue weighted by molar-refractivity contribution is -0.120. The number of carbonyl (C=O) groups is 2. The van der Waals surface area contributed by atoms with Gasteiger partial charge in [-0.2, -0.15) is 0 Å². The van der Waals surface area contributed by atoms with Gasteiger partial charge in [0, 0.05) is 26.1 Å². The minimum absolute atomic E-state index is 0.126. The number of carboxylic acid groups (broad SMARTS) is 1. The van der Waals surface area contributed by atoms with E-state index >= 15 is 0 Å². The number of para-hydroxylation sites is 1. The molecule has 1 unspecified atom stereocenters. The Kier molecular flexibility index (Phi) is 4.24. The van der Waals surface area contributed by atoms with Gasteiger partial charge >= 0.3 is 5.97 Å². The smallest absolute Gasteiger partial charge is 0.337 e. The van der Waals surface area contributed by atoms with Crippen LogP contribution in [0.4, 0.5) is 11.4 Å². The molecule has 0 amide bonds. The number of ketones is 1. The summed E-state index contributed by atoms with van der Waals surface area (Å²) in [5.74, 6) is -0.884. The van der Waals surface area contributed by atoms with E-state index in [0.717, 1.165) is 0 Å². The van der Waals surface area contributed by atoms with Gasteiger partial charge in [-0.15, -0.1) is 0 Å². The summed E-state index contributed by atoms with van der Waals surface area (Å²) in [6, 6.07) is 4.57. The van der Waals surface area contributed by atoms with E-state index < -0.39 is 5.97 Å². The molecule has 1 heterocycles. The highest BCUT2D eigenvalue weighted by Crippen LogP contribution is 2.29. The van der Waals surface area contributed by atoms with Crippen LogP contribution in [0.2, 0.25) is 0 Å². The molecular formula is C14H19N3O3. The largest absolute Gasteiger partial charge is 0.478 e. The van der Waals surface area contributed by atoms with Gasteiger partial charge in [-0.1, -0.05) is 13.0 Å². The fourth-order valence-electron chi connectivity index (χ4n) is 2.50. The summed E-state index contributed by atoms with van der Waals surface area (Å²) in [7, 11) is 0. The van der Waals surface area contributed by atoms with Gasteiger partial charge in [0.2, 0.25) is 0 Å². The molecule has 1 fully saturated rings. The summed E-state index contributed by atoms with van der Waals surface area (Å²) in [5.41, 5.74) is 7.04. The predicted molar refractivity (Wildman–Crippen MR) is 77.1 cm³/mol. The molecule has 0 spiro atoms. The Balaban J connectivity index is 2.31. The Morgan fingerprint density at radius 1 is 1.50 bits per heavy atom. The number of hydrogen-bond donors (Lipinski definition) is 3. The van der Waals surface area contributed by atoms with Crippen molar-refractivity contribution < 1.29 is 14.7 Å². The number of nitrogens with zero attached hydrogens (tertiary/aromatic N) is 1. The molecule has 108 valence electrons. The predicted octanol–water partition coefficient (Wildman–Crippen LogP) is 0.724. The summed E-state index contributed by atoms with van der Waals surface area (Å²) in [6.07, 6.45) is 0.460. The molecule has 2 rings (SSSR count). The molecule has 6 heteroatoms. The van der Waals surface area contributed by atoms with Crippen molar-refractivity contribution in [3.63, 3.8) is 0 Å². The van der Waals surface area contributed by atoms with E-state index in [4.69, 9.17) is 5.73 Å². The number of aromatic carboxylic acids is 1. The number of nitrogen functional groups attached to an aromatic ring is 1. The van der Waals surface area contributed by atoms with Gasteiger partial charge < -0.3 is 21.1 Å². The van der Waals surface area contributed by atoms with Crippen molar-refractivity contribution in [1.82, 2.24) is 5.32 Å². The van der Waals surface area contributed by atoms with Crippen LogP contribution in [0.25, 0.3) is 0 Å². The first-order chi connectivity index (χ1) is 9.54. The quantitative estimate of drug-likeness (QED) is 0.702. The summed E-state index contributed by atoms with van der Waals surface area (Å²) in [6.45, 7) is 3.52. The first-order valence-corrected chi connectivity index (χ1v) is 6.67. The van der Waals surface area contributed by atoms with Gasteiger partial charge in [0.1, 0.15) is 0 Å². The molecule has 6 nitrogen and oxygen atoms in total. The van der Waals surface area contributed by atoms with Crippen molar-refractivity contribution in [3.8, 4) is 0 Å². The zero-order valence-electron chi connectivity index (χ0n) is 11.4. The molecule has 1 aromatic carbocycles. The van der Waals surface area contributed by atoms with Crippen LogP contribution in [0, 0.1) is 0 Å². The van der Waals surface area contributed by atoms with Crippen molar-refractivity contribution in [2.45, 2.75) is 19.4 Å². The number of carboxylic acids is 1. The van der Waals surface area contributed by atoms with Crippen LogP contribution >= 0.6 is 0 Å². The van der Waals surface area contributed by atoms with Crippen LogP contribution in [-0.2, 0) is 4.79 Å². The standard InChI is InChI=1S/C14H19N3O3/c1-2-12(18)11-8-17(7-6-16-11)13-9(14(19)20)4-3-5-10(13)15/h3-5,11,16H,2,6-8,15H2,1H3,(H,19,20). The van der Waals surface area contributed by atoms with Gasteiger partial charge in [0.05, 0.1) is 23.0 Å². The molecule has 0 radical (unpaired) electrons. The van der Waals surface area contributed by atoms with Crippen LogP contribution in [0.3, 0.4) is 0 Å². The van der Waals surface area contributed by atoms with Crippen molar-refractivity contribution in [2.24, 2.45) is 0 Å². The number of nitrogens with one attached hydrogen (secondary N) is 1. The Labute approximate surface area is 117 Å². The number of carbonyl (C=O) groups excluding carboxylic acids is 1. The third-order valence-corrected chi connectivity index (χ3v) is 3.53. The Morgan fingerprint density at radius 3 is 2.90 bits per heavy atom. The molecule has 0 aliphatic carbocycles. The molecule has 0 bridgehead atoms. The second-order valence-electron chi connectivity index (χ2n) is 4.82. The van der Waals surface area contributed by atoms with Crippen molar-refractivity contribution in [3.05, 3.63) is 23.8 Å². The topological polar surface area (TPSA) is 95.7 Å². The number of anilines is 2. The maximum Gasteiger partial charge on any atom is 0.337 e. The van der Waals surface area contributed by atoms with E-state index in [1.165, 1.54) is 6.07 Å². The van der Waals surface area contributed by atoms with Crippen molar-refractivity contribution in [1.29, 1.82) is 0 Å². The highest BCUT2D eigenvalue weighted by atomic mass is 16.4. The lowest BCUT2D eigenvalue weighted by Gasteiger charge is -2.35. The maximum absolute atomic E-state index is 11.8. The van der Waals surface area contributed by atoms with Gasteiger partial charge in [-0.25, -0.2) is 4.79 Å². The molecule has 1 saturated heterocycles. The Hall–Kier alpha value is -2.08.